The summed E-state index contributed by atoms with van der Waals surface area (Å²) < 4.78 is 27.5. The van der Waals surface area contributed by atoms with Gasteiger partial charge in [0.15, 0.2) is 0 Å². The molecule has 1 aliphatic heterocycles. The van der Waals surface area contributed by atoms with Gasteiger partial charge in [0.1, 0.15) is 0 Å². The number of benzene rings is 2. The molecule has 0 aromatic heterocycles. The first kappa shape index (κ1) is 23.0. The van der Waals surface area contributed by atoms with E-state index in [1.54, 1.807) is 17.9 Å². The Bertz CT molecular complexity index is 1060. The molecule has 8 heteroatoms. The van der Waals surface area contributed by atoms with E-state index in [0.717, 1.165) is 11.1 Å². The fourth-order valence-electron chi connectivity index (χ4n) is 3.54. The van der Waals surface area contributed by atoms with Crippen LogP contribution in [-0.2, 0) is 19.6 Å². The van der Waals surface area contributed by atoms with Gasteiger partial charge in [0.25, 0.3) is 0 Å². The van der Waals surface area contributed by atoms with E-state index in [-0.39, 0.29) is 37.7 Å². The highest BCUT2D eigenvalue weighted by molar-refractivity contribution is 7.89. The first-order valence-electron chi connectivity index (χ1n) is 10.4. The summed E-state index contributed by atoms with van der Waals surface area (Å²) in [6, 6.07) is 12.9. The van der Waals surface area contributed by atoms with Crippen LogP contribution < -0.4 is 5.32 Å². The summed E-state index contributed by atoms with van der Waals surface area (Å²) >= 11 is 0. The molecular weight excluding hydrogens is 414 g/mol. The quantitative estimate of drug-likeness (QED) is 0.744. The van der Waals surface area contributed by atoms with Crippen molar-refractivity contribution in [2.45, 2.75) is 38.5 Å². The molecule has 0 aliphatic carbocycles. The third-order valence-electron chi connectivity index (χ3n) is 5.45. The lowest BCUT2D eigenvalue weighted by Gasteiger charge is -2.34. The minimum Gasteiger partial charge on any atom is -0.340 e. The number of rotatable bonds is 6. The molecule has 0 bridgehead atoms. The minimum atomic E-state index is -3.60. The number of sulfonamides is 1. The van der Waals surface area contributed by atoms with Gasteiger partial charge in [-0.3, -0.25) is 9.59 Å². The summed E-state index contributed by atoms with van der Waals surface area (Å²) in [5.74, 6) is -0.351. The van der Waals surface area contributed by atoms with E-state index in [4.69, 9.17) is 0 Å². The predicted octanol–water partition coefficient (Wildman–Crippen LogP) is 2.86. The maximum absolute atomic E-state index is 13.0. The molecule has 0 radical (unpaired) electrons. The number of carbonyl (C=O) groups is 2. The number of nitrogens with zero attached hydrogens (tertiary/aromatic N) is 2. The minimum absolute atomic E-state index is 0.0910. The summed E-state index contributed by atoms with van der Waals surface area (Å²) in [7, 11) is -3.60. The molecule has 0 saturated carbocycles. The van der Waals surface area contributed by atoms with Crippen molar-refractivity contribution in [3.8, 4) is 0 Å². The summed E-state index contributed by atoms with van der Waals surface area (Å²) in [6.45, 7) is 6.76. The van der Waals surface area contributed by atoms with Gasteiger partial charge in [-0.15, -0.1) is 0 Å². The van der Waals surface area contributed by atoms with Gasteiger partial charge < -0.3 is 10.2 Å². The Morgan fingerprint density at radius 3 is 2.13 bits per heavy atom. The normalized spacial score (nSPS) is 15.0. The highest BCUT2D eigenvalue weighted by Gasteiger charge is 2.31. The lowest BCUT2D eigenvalue weighted by atomic mass is 10.2. The molecule has 1 aliphatic rings. The molecule has 0 unspecified atom stereocenters. The molecule has 0 atom stereocenters. The van der Waals surface area contributed by atoms with Gasteiger partial charge in [0, 0.05) is 44.7 Å². The SMILES string of the molecule is Cc1ccc(NC(=O)CCC(=O)N2CCN(S(=O)(=O)c3cc(C)ccc3C)CC2)cc1. The molecule has 1 N–H and O–H groups in total. The van der Waals surface area contributed by atoms with Crippen LogP contribution in [0.1, 0.15) is 29.5 Å². The fraction of sp³-hybridized carbons (Fsp3) is 0.391. The molecule has 2 aromatic rings. The Balaban J connectivity index is 1.50. The average molecular weight is 444 g/mol. The number of anilines is 1. The molecule has 1 fully saturated rings. The second-order valence-corrected chi connectivity index (χ2v) is 9.87. The van der Waals surface area contributed by atoms with Crippen molar-refractivity contribution in [3.63, 3.8) is 0 Å². The Kier molecular flexibility index (Phi) is 7.12. The Hall–Kier alpha value is -2.71. The second kappa shape index (κ2) is 9.62. The molecule has 1 saturated heterocycles. The fourth-order valence-corrected chi connectivity index (χ4v) is 5.27. The average Bonchev–Trinajstić information content (AvgIpc) is 2.75. The number of aryl methyl sites for hydroxylation is 3. The molecule has 1 heterocycles. The van der Waals surface area contributed by atoms with Crippen molar-refractivity contribution >= 4 is 27.5 Å². The summed E-state index contributed by atoms with van der Waals surface area (Å²) in [5, 5.41) is 2.79. The van der Waals surface area contributed by atoms with Gasteiger partial charge in [-0.25, -0.2) is 8.42 Å². The Morgan fingerprint density at radius 2 is 1.48 bits per heavy atom. The van der Waals surface area contributed by atoms with E-state index < -0.39 is 10.0 Å². The molecule has 2 amide bonds. The maximum atomic E-state index is 13.0. The van der Waals surface area contributed by atoms with Crippen LogP contribution in [0.4, 0.5) is 5.69 Å². The van der Waals surface area contributed by atoms with E-state index in [9.17, 15) is 18.0 Å². The highest BCUT2D eigenvalue weighted by atomic mass is 32.2. The van der Waals surface area contributed by atoms with E-state index in [0.29, 0.717) is 29.2 Å². The first-order valence-corrected chi connectivity index (χ1v) is 11.8. The molecule has 0 spiro atoms. The van der Waals surface area contributed by atoms with Crippen LogP contribution in [0.25, 0.3) is 0 Å². The van der Waals surface area contributed by atoms with Crippen molar-refractivity contribution < 1.29 is 18.0 Å². The van der Waals surface area contributed by atoms with E-state index in [2.05, 4.69) is 5.32 Å². The van der Waals surface area contributed by atoms with Gasteiger partial charge >= 0.3 is 0 Å². The number of nitrogens with one attached hydrogen (secondary N) is 1. The summed E-state index contributed by atoms with van der Waals surface area (Å²) in [5.41, 5.74) is 3.41. The lowest BCUT2D eigenvalue weighted by molar-refractivity contribution is -0.133. The smallest absolute Gasteiger partial charge is 0.243 e. The number of hydrogen-bond donors (Lipinski definition) is 1. The van der Waals surface area contributed by atoms with Gasteiger partial charge in [-0.05, 0) is 50.1 Å². The third-order valence-corrected chi connectivity index (χ3v) is 7.49. The second-order valence-electron chi connectivity index (χ2n) is 7.97. The number of piperazine rings is 1. The zero-order chi connectivity index (χ0) is 22.6. The maximum Gasteiger partial charge on any atom is 0.243 e. The van der Waals surface area contributed by atoms with Crippen LogP contribution >= 0.6 is 0 Å². The van der Waals surface area contributed by atoms with Crippen LogP contribution in [0.15, 0.2) is 47.4 Å². The standard InChI is InChI=1S/C23H29N3O4S/c1-17-5-8-20(9-6-17)24-22(27)10-11-23(28)25-12-14-26(15-13-25)31(29,30)21-16-18(2)4-7-19(21)3/h4-9,16H,10-15H2,1-3H3,(H,24,27). The zero-order valence-electron chi connectivity index (χ0n) is 18.2. The number of amides is 2. The van der Waals surface area contributed by atoms with Gasteiger partial charge in [-0.1, -0.05) is 29.8 Å². The van der Waals surface area contributed by atoms with Crippen molar-refractivity contribution in [1.29, 1.82) is 0 Å². The molecule has 31 heavy (non-hydrogen) atoms. The van der Waals surface area contributed by atoms with Crippen LogP contribution in [0.5, 0.6) is 0 Å². The predicted molar refractivity (Wildman–Crippen MR) is 120 cm³/mol. The van der Waals surface area contributed by atoms with Gasteiger partial charge in [0.05, 0.1) is 4.90 Å². The van der Waals surface area contributed by atoms with Crippen molar-refractivity contribution in [2.75, 3.05) is 31.5 Å². The topological polar surface area (TPSA) is 86.8 Å². The summed E-state index contributed by atoms with van der Waals surface area (Å²) in [6.07, 6.45) is 0.190. The van der Waals surface area contributed by atoms with E-state index in [1.165, 1.54) is 4.31 Å². The van der Waals surface area contributed by atoms with Crippen LogP contribution in [0.3, 0.4) is 0 Å². The third kappa shape index (κ3) is 5.71. The number of carbonyl (C=O) groups excluding carboxylic acids is 2. The largest absolute Gasteiger partial charge is 0.340 e. The molecular formula is C23H29N3O4S. The van der Waals surface area contributed by atoms with Crippen molar-refractivity contribution in [1.82, 2.24) is 9.21 Å². The monoisotopic (exact) mass is 443 g/mol. The van der Waals surface area contributed by atoms with Crippen LogP contribution in [0.2, 0.25) is 0 Å². The highest BCUT2D eigenvalue weighted by Crippen LogP contribution is 2.22. The zero-order valence-corrected chi connectivity index (χ0v) is 19.0. The van der Waals surface area contributed by atoms with E-state index in [1.807, 2.05) is 50.2 Å². The lowest BCUT2D eigenvalue weighted by Crippen LogP contribution is -2.50. The van der Waals surface area contributed by atoms with Crippen molar-refractivity contribution in [3.05, 3.63) is 59.2 Å². The van der Waals surface area contributed by atoms with Crippen LogP contribution in [0, 0.1) is 20.8 Å². The van der Waals surface area contributed by atoms with Crippen LogP contribution in [-0.4, -0.2) is 55.6 Å². The van der Waals surface area contributed by atoms with Gasteiger partial charge in [-0.2, -0.15) is 4.31 Å². The number of hydrogen-bond acceptors (Lipinski definition) is 4. The Morgan fingerprint density at radius 1 is 0.871 bits per heavy atom. The molecule has 2 aromatic carbocycles. The molecule has 166 valence electrons. The molecule has 3 rings (SSSR count). The Labute approximate surface area is 184 Å². The van der Waals surface area contributed by atoms with Crippen molar-refractivity contribution in [2.24, 2.45) is 0 Å². The van der Waals surface area contributed by atoms with Gasteiger partial charge in [0.2, 0.25) is 21.8 Å². The summed E-state index contributed by atoms with van der Waals surface area (Å²) in [4.78, 5) is 26.6. The molecule has 7 nitrogen and oxygen atoms in total. The van der Waals surface area contributed by atoms with E-state index >= 15 is 0 Å². The first-order chi connectivity index (χ1) is 14.7.